The van der Waals surface area contributed by atoms with Crippen molar-refractivity contribution >= 4 is 11.7 Å². The first kappa shape index (κ1) is 17.0. The Hall–Kier alpha value is -3.48. The van der Waals surface area contributed by atoms with E-state index in [9.17, 15) is 4.79 Å². The molecule has 2 heterocycles. The highest BCUT2D eigenvalue weighted by Gasteiger charge is 2.20. The molecule has 0 spiro atoms. The Bertz CT molecular complexity index is 953. The van der Waals surface area contributed by atoms with Crippen molar-refractivity contribution in [2.75, 3.05) is 12.1 Å². The summed E-state index contributed by atoms with van der Waals surface area (Å²) in [4.78, 5) is 12.4. The molecule has 0 bridgehead atoms. The number of nitrogens with zero attached hydrogens (tertiary/aromatic N) is 1. The number of aromatic amines is 1. The van der Waals surface area contributed by atoms with Gasteiger partial charge in [0, 0.05) is 12.1 Å². The summed E-state index contributed by atoms with van der Waals surface area (Å²) in [5, 5.41) is 13.2. The smallest absolute Gasteiger partial charge is 0.319 e. The zero-order valence-corrected chi connectivity index (χ0v) is 14.9. The van der Waals surface area contributed by atoms with E-state index in [-0.39, 0.29) is 12.8 Å². The molecule has 4 rings (SSSR count). The number of carbonyl (C=O) groups is 1. The zero-order chi connectivity index (χ0) is 18.6. The summed E-state index contributed by atoms with van der Waals surface area (Å²) in [5.74, 6) is 1.38. The van der Waals surface area contributed by atoms with Crippen LogP contribution in [0.4, 0.5) is 10.5 Å². The minimum atomic E-state index is -0.281. The number of rotatable bonds is 5. The Kier molecular flexibility index (Phi) is 4.65. The molecule has 1 aromatic heterocycles. The molecular formula is C20H20N4O3. The number of H-pyrrole nitrogens is 1. The molecule has 7 nitrogen and oxygen atoms in total. The predicted molar refractivity (Wildman–Crippen MR) is 102 cm³/mol. The molecule has 27 heavy (non-hydrogen) atoms. The molecule has 2 aromatic carbocycles. The van der Waals surface area contributed by atoms with Crippen molar-refractivity contribution < 1.29 is 14.3 Å². The quantitative estimate of drug-likeness (QED) is 0.644. The third kappa shape index (κ3) is 3.57. The van der Waals surface area contributed by atoms with Gasteiger partial charge in [0.2, 0.25) is 6.79 Å². The summed E-state index contributed by atoms with van der Waals surface area (Å²) >= 11 is 0. The van der Waals surface area contributed by atoms with E-state index < -0.39 is 0 Å². The monoisotopic (exact) mass is 364 g/mol. The highest BCUT2D eigenvalue weighted by atomic mass is 16.7. The van der Waals surface area contributed by atoms with E-state index in [4.69, 9.17) is 9.47 Å². The van der Waals surface area contributed by atoms with E-state index in [0.29, 0.717) is 35.8 Å². The fourth-order valence-electron chi connectivity index (χ4n) is 2.96. The van der Waals surface area contributed by atoms with Crippen molar-refractivity contribution in [3.05, 3.63) is 59.8 Å². The molecule has 0 saturated carbocycles. The number of hydrogen-bond donors (Lipinski definition) is 3. The molecule has 7 heteroatoms. The molecule has 3 aromatic rings. The number of hydrogen-bond acceptors (Lipinski definition) is 4. The summed E-state index contributed by atoms with van der Waals surface area (Å²) in [6.45, 7) is 2.67. The molecule has 1 aliphatic heterocycles. The van der Waals surface area contributed by atoms with Crippen LogP contribution in [0, 0.1) is 0 Å². The van der Waals surface area contributed by atoms with Gasteiger partial charge >= 0.3 is 6.03 Å². The van der Waals surface area contributed by atoms with Gasteiger partial charge in [-0.1, -0.05) is 37.3 Å². The van der Waals surface area contributed by atoms with E-state index >= 15 is 0 Å². The number of aromatic nitrogens is 2. The number of benzene rings is 2. The lowest BCUT2D eigenvalue weighted by atomic mass is 10.1. The molecule has 1 aliphatic rings. The molecule has 0 unspecified atom stereocenters. The Morgan fingerprint density at radius 3 is 2.78 bits per heavy atom. The number of urea groups is 1. The highest BCUT2D eigenvalue weighted by Crippen LogP contribution is 2.38. The molecule has 138 valence electrons. The number of anilines is 1. The van der Waals surface area contributed by atoms with Crippen molar-refractivity contribution in [1.82, 2.24) is 15.5 Å². The first-order valence-electron chi connectivity index (χ1n) is 8.80. The van der Waals surface area contributed by atoms with Crippen molar-refractivity contribution in [2.45, 2.75) is 19.9 Å². The van der Waals surface area contributed by atoms with Crippen LogP contribution in [0.1, 0.15) is 18.2 Å². The van der Waals surface area contributed by atoms with Crippen LogP contribution < -0.4 is 20.1 Å². The summed E-state index contributed by atoms with van der Waals surface area (Å²) in [6, 6.07) is 15.1. The number of aryl methyl sites for hydroxylation is 1. The van der Waals surface area contributed by atoms with Crippen LogP contribution in [0.25, 0.3) is 11.3 Å². The second-order valence-electron chi connectivity index (χ2n) is 6.14. The zero-order valence-electron chi connectivity index (χ0n) is 14.9. The van der Waals surface area contributed by atoms with Crippen LogP contribution in [0.2, 0.25) is 0 Å². The normalized spacial score (nSPS) is 12.0. The average Bonchev–Trinajstić information content (AvgIpc) is 3.33. The maximum absolute atomic E-state index is 12.4. The third-order valence-corrected chi connectivity index (χ3v) is 4.38. The van der Waals surface area contributed by atoms with Crippen LogP contribution in [-0.4, -0.2) is 23.0 Å². The lowest BCUT2D eigenvalue weighted by Crippen LogP contribution is -2.28. The van der Waals surface area contributed by atoms with Gasteiger partial charge < -0.3 is 20.1 Å². The summed E-state index contributed by atoms with van der Waals surface area (Å²) in [6.07, 6.45) is 0.714. The summed E-state index contributed by atoms with van der Waals surface area (Å²) in [5.41, 5.74) is 4.07. The Morgan fingerprint density at radius 1 is 1.15 bits per heavy atom. The lowest BCUT2D eigenvalue weighted by Gasteiger charge is -2.10. The fraction of sp³-hybridized carbons (Fsp3) is 0.200. The topological polar surface area (TPSA) is 88.3 Å². The van der Waals surface area contributed by atoms with Gasteiger partial charge in [-0.05, 0) is 30.2 Å². The van der Waals surface area contributed by atoms with Crippen LogP contribution in [-0.2, 0) is 13.0 Å². The molecule has 0 atom stereocenters. The van der Waals surface area contributed by atoms with Crippen molar-refractivity contribution in [3.63, 3.8) is 0 Å². The second kappa shape index (κ2) is 7.41. The number of amides is 2. The fourth-order valence-corrected chi connectivity index (χ4v) is 2.96. The number of nitrogens with one attached hydrogen (secondary N) is 3. The van der Waals surface area contributed by atoms with Gasteiger partial charge in [-0.15, -0.1) is 0 Å². The van der Waals surface area contributed by atoms with Crippen LogP contribution >= 0.6 is 0 Å². The van der Waals surface area contributed by atoms with Gasteiger partial charge in [0.05, 0.1) is 11.4 Å². The lowest BCUT2D eigenvalue weighted by molar-refractivity contribution is 0.174. The molecule has 0 saturated heterocycles. The van der Waals surface area contributed by atoms with E-state index in [2.05, 4.69) is 20.8 Å². The van der Waals surface area contributed by atoms with Crippen molar-refractivity contribution in [3.8, 4) is 22.8 Å². The SMILES string of the molecule is CCc1[nH]nc(-c2ccc3c(c2)OCO3)c1NC(=O)NCc1ccccc1. The summed E-state index contributed by atoms with van der Waals surface area (Å²) in [7, 11) is 0. The largest absolute Gasteiger partial charge is 0.454 e. The number of fused-ring (bicyclic) bond motifs is 1. The molecule has 0 aliphatic carbocycles. The van der Waals surface area contributed by atoms with Gasteiger partial charge in [0.15, 0.2) is 11.5 Å². The van der Waals surface area contributed by atoms with Gasteiger partial charge in [-0.3, -0.25) is 5.10 Å². The van der Waals surface area contributed by atoms with Crippen LogP contribution in [0.3, 0.4) is 0 Å². The first-order valence-corrected chi connectivity index (χ1v) is 8.80. The second-order valence-corrected chi connectivity index (χ2v) is 6.14. The van der Waals surface area contributed by atoms with E-state index in [1.807, 2.05) is 55.5 Å². The van der Waals surface area contributed by atoms with Crippen molar-refractivity contribution in [1.29, 1.82) is 0 Å². The van der Waals surface area contributed by atoms with Gasteiger partial charge in [-0.2, -0.15) is 5.10 Å². The maximum Gasteiger partial charge on any atom is 0.319 e. The van der Waals surface area contributed by atoms with Crippen molar-refractivity contribution in [2.24, 2.45) is 0 Å². The minimum absolute atomic E-state index is 0.215. The van der Waals surface area contributed by atoms with Gasteiger partial charge in [-0.25, -0.2) is 4.79 Å². The van der Waals surface area contributed by atoms with Crippen LogP contribution in [0.5, 0.6) is 11.5 Å². The van der Waals surface area contributed by atoms with E-state index in [1.54, 1.807) is 0 Å². The molecule has 2 amide bonds. The molecule has 3 N–H and O–H groups in total. The number of carbonyl (C=O) groups excluding carboxylic acids is 1. The van der Waals surface area contributed by atoms with E-state index in [0.717, 1.165) is 16.8 Å². The highest BCUT2D eigenvalue weighted by molar-refractivity contribution is 5.94. The minimum Gasteiger partial charge on any atom is -0.454 e. The van der Waals surface area contributed by atoms with E-state index in [1.165, 1.54) is 0 Å². The Morgan fingerprint density at radius 2 is 1.96 bits per heavy atom. The Balaban J connectivity index is 1.53. The van der Waals surface area contributed by atoms with Gasteiger partial charge in [0.25, 0.3) is 0 Å². The van der Waals surface area contributed by atoms with Crippen LogP contribution in [0.15, 0.2) is 48.5 Å². The standard InChI is InChI=1S/C20H20N4O3/c1-2-15-19(22-20(25)21-11-13-6-4-3-5-7-13)18(24-23-15)14-8-9-16-17(10-14)27-12-26-16/h3-10H,2,11-12H2,1H3,(H,23,24)(H2,21,22,25). The molecule has 0 fully saturated rings. The third-order valence-electron chi connectivity index (χ3n) is 4.38. The first-order chi connectivity index (χ1) is 13.2. The molecule has 0 radical (unpaired) electrons. The summed E-state index contributed by atoms with van der Waals surface area (Å²) < 4.78 is 10.8. The predicted octanol–water partition coefficient (Wildman–Crippen LogP) is 3.69. The average molecular weight is 364 g/mol. The molecular weight excluding hydrogens is 344 g/mol. The Labute approximate surface area is 156 Å². The maximum atomic E-state index is 12.4. The number of ether oxygens (including phenoxy) is 2. The van der Waals surface area contributed by atoms with Gasteiger partial charge in [0.1, 0.15) is 5.69 Å².